The number of pyridine rings is 1. The van der Waals surface area contributed by atoms with Crippen LogP contribution in [0.1, 0.15) is 15.9 Å². The maximum Gasteiger partial charge on any atom is 0.256 e. The molecule has 0 saturated carbocycles. The van der Waals surface area contributed by atoms with E-state index in [0.717, 1.165) is 11.8 Å². The van der Waals surface area contributed by atoms with Gasteiger partial charge >= 0.3 is 0 Å². The number of aryl methyl sites for hydroxylation is 1. The first-order valence-electron chi connectivity index (χ1n) is 5.91. The summed E-state index contributed by atoms with van der Waals surface area (Å²) in [7, 11) is -3.34. The zero-order chi connectivity index (χ0) is 14.8. The summed E-state index contributed by atoms with van der Waals surface area (Å²) >= 11 is 0. The third-order valence-electron chi connectivity index (χ3n) is 2.77. The Bertz CT molecular complexity index is 755. The first kappa shape index (κ1) is 14.2. The highest BCUT2D eigenvalue weighted by atomic mass is 32.2. The van der Waals surface area contributed by atoms with Gasteiger partial charge in [-0.25, -0.2) is 13.4 Å². The predicted molar refractivity (Wildman–Crippen MR) is 76.5 cm³/mol. The number of nitrogens with zero attached hydrogens (tertiary/aromatic N) is 1. The van der Waals surface area contributed by atoms with Crippen LogP contribution in [-0.2, 0) is 9.84 Å². The molecule has 1 heterocycles. The second-order valence-electron chi connectivity index (χ2n) is 4.42. The van der Waals surface area contributed by atoms with Crippen molar-refractivity contribution in [3.8, 4) is 0 Å². The maximum absolute atomic E-state index is 12.1. The molecular weight excluding hydrogens is 276 g/mol. The summed E-state index contributed by atoms with van der Waals surface area (Å²) < 4.78 is 23.0. The van der Waals surface area contributed by atoms with E-state index in [9.17, 15) is 13.2 Å². The summed E-state index contributed by atoms with van der Waals surface area (Å²) in [6, 6.07) is 9.50. The average Bonchev–Trinajstić information content (AvgIpc) is 2.40. The van der Waals surface area contributed by atoms with E-state index < -0.39 is 15.7 Å². The van der Waals surface area contributed by atoms with Crippen molar-refractivity contribution in [2.75, 3.05) is 11.6 Å². The van der Waals surface area contributed by atoms with Crippen LogP contribution in [0.3, 0.4) is 0 Å². The van der Waals surface area contributed by atoms with Gasteiger partial charge in [-0.05, 0) is 36.8 Å². The molecule has 1 amide bonds. The Morgan fingerprint density at radius 1 is 1.20 bits per heavy atom. The number of sulfone groups is 1. The maximum atomic E-state index is 12.1. The van der Waals surface area contributed by atoms with Gasteiger partial charge in [-0.15, -0.1) is 0 Å². The van der Waals surface area contributed by atoms with Crippen LogP contribution in [0.2, 0.25) is 0 Å². The van der Waals surface area contributed by atoms with Crippen LogP contribution in [-0.4, -0.2) is 25.6 Å². The molecular formula is C14H14N2O3S. The van der Waals surface area contributed by atoms with Crippen molar-refractivity contribution in [2.24, 2.45) is 0 Å². The number of carbonyl (C=O) groups is 1. The van der Waals surface area contributed by atoms with Gasteiger partial charge in [-0.1, -0.05) is 12.1 Å². The standard InChI is InChI=1S/C14H14N2O3S/c1-10-5-4-8-15-13(10)16-14(17)11-6-3-7-12(9-11)20(2,18)19/h3-9H,1-2H3,(H,15,16,17). The van der Waals surface area contributed by atoms with E-state index in [2.05, 4.69) is 10.3 Å². The molecule has 1 aromatic carbocycles. The Kier molecular flexibility index (Phi) is 3.85. The lowest BCUT2D eigenvalue weighted by atomic mass is 10.2. The van der Waals surface area contributed by atoms with Crippen LogP contribution in [0.15, 0.2) is 47.5 Å². The van der Waals surface area contributed by atoms with E-state index in [1.54, 1.807) is 18.3 Å². The van der Waals surface area contributed by atoms with Gasteiger partial charge in [0, 0.05) is 18.0 Å². The zero-order valence-electron chi connectivity index (χ0n) is 11.1. The molecule has 0 unspecified atom stereocenters. The number of hydrogen-bond acceptors (Lipinski definition) is 4. The van der Waals surface area contributed by atoms with Crippen LogP contribution in [0.25, 0.3) is 0 Å². The monoisotopic (exact) mass is 290 g/mol. The number of anilines is 1. The van der Waals surface area contributed by atoms with Crippen LogP contribution in [0, 0.1) is 6.92 Å². The Morgan fingerprint density at radius 2 is 1.95 bits per heavy atom. The molecule has 2 rings (SSSR count). The molecule has 0 spiro atoms. The molecule has 0 aliphatic heterocycles. The normalized spacial score (nSPS) is 11.1. The van der Waals surface area contributed by atoms with Crippen LogP contribution >= 0.6 is 0 Å². The van der Waals surface area contributed by atoms with E-state index in [0.29, 0.717) is 5.82 Å². The van der Waals surface area contributed by atoms with E-state index in [1.165, 1.54) is 18.2 Å². The Balaban J connectivity index is 2.29. The molecule has 1 aromatic heterocycles. The lowest BCUT2D eigenvalue weighted by Crippen LogP contribution is -2.14. The number of carbonyl (C=O) groups excluding carboxylic acids is 1. The van der Waals surface area contributed by atoms with Crippen molar-refractivity contribution in [1.82, 2.24) is 4.98 Å². The topological polar surface area (TPSA) is 76.1 Å². The van der Waals surface area contributed by atoms with Crippen molar-refractivity contribution in [2.45, 2.75) is 11.8 Å². The number of rotatable bonds is 3. The molecule has 0 radical (unpaired) electrons. The Labute approximate surface area is 117 Å². The SMILES string of the molecule is Cc1cccnc1NC(=O)c1cccc(S(C)(=O)=O)c1. The quantitative estimate of drug-likeness (QED) is 0.938. The summed E-state index contributed by atoms with van der Waals surface area (Å²) in [5.41, 5.74) is 1.11. The molecule has 0 aliphatic rings. The van der Waals surface area contributed by atoms with Gasteiger partial charge in [0.05, 0.1) is 4.90 Å². The van der Waals surface area contributed by atoms with E-state index in [1.807, 2.05) is 13.0 Å². The molecule has 0 aliphatic carbocycles. The van der Waals surface area contributed by atoms with Gasteiger partial charge in [0.1, 0.15) is 5.82 Å². The lowest BCUT2D eigenvalue weighted by Gasteiger charge is -2.07. The molecule has 0 bridgehead atoms. The predicted octanol–water partition coefficient (Wildman–Crippen LogP) is 2.05. The minimum absolute atomic E-state index is 0.114. The first-order chi connectivity index (χ1) is 9.38. The molecule has 0 saturated heterocycles. The minimum atomic E-state index is -3.34. The van der Waals surface area contributed by atoms with Crippen molar-refractivity contribution >= 4 is 21.6 Å². The Hall–Kier alpha value is -2.21. The third kappa shape index (κ3) is 3.21. The fraction of sp³-hybridized carbons (Fsp3) is 0.143. The van der Waals surface area contributed by atoms with E-state index in [4.69, 9.17) is 0 Å². The minimum Gasteiger partial charge on any atom is -0.306 e. The highest BCUT2D eigenvalue weighted by molar-refractivity contribution is 7.90. The van der Waals surface area contributed by atoms with Crippen molar-refractivity contribution in [1.29, 1.82) is 0 Å². The fourth-order valence-corrected chi connectivity index (χ4v) is 2.33. The summed E-state index contributed by atoms with van der Waals surface area (Å²) in [5.74, 6) is 0.0690. The van der Waals surface area contributed by atoms with Gasteiger partial charge in [-0.2, -0.15) is 0 Å². The van der Waals surface area contributed by atoms with Crippen LogP contribution in [0.4, 0.5) is 5.82 Å². The van der Waals surface area contributed by atoms with E-state index in [-0.39, 0.29) is 10.5 Å². The van der Waals surface area contributed by atoms with Gasteiger partial charge in [0.15, 0.2) is 9.84 Å². The molecule has 104 valence electrons. The van der Waals surface area contributed by atoms with Crippen molar-refractivity contribution in [3.63, 3.8) is 0 Å². The molecule has 0 fully saturated rings. The van der Waals surface area contributed by atoms with Gasteiger partial charge in [0.25, 0.3) is 5.91 Å². The average molecular weight is 290 g/mol. The smallest absolute Gasteiger partial charge is 0.256 e. The highest BCUT2D eigenvalue weighted by Crippen LogP contribution is 2.14. The highest BCUT2D eigenvalue weighted by Gasteiger charge is 2.12. The summed E-state index contributed by atoms with van der Waals surface area (Å²) in [6.07, 6.45) is 2.68. The number of amides is 1. The second-order valence-corrected chi connectivity index (χ2v) is 6.44. The summed E-state index contributed by atoms with van der Waals surface area (Å²) in [6.45, 7) is 1.83. The zero-order valence-corrected chi connectivity index (χ0v) is 11.9. The summed E-state index contributed by atoms with van der Waals surface area (Å²) in [4.78, 5) is 16.3. The molecule has 20 heavy (non-hydrogen) atoms. The number of benzene rings is 1. The number of hydrogen-bond donors (Lipinski definition) is 1. The first-order valence-corrected chi connectivity index (χ1v) is 7.80. The van der Waals surface area contributed by atoms with Crippen molar-refractivity contribution < 1.29 is 13.2 Å². The van der Waals surface area contributed by atoms with Gasteiger partial charge in [0.2, 0.25) is 0 Å². The molecule has 2 aromatic rings. The molecule has 5 nitrogen and oxygen atoms in total. The van der Waals surface area contributed by atoms with Crippen LogP contribution in [0.5, 0.6) is 0 Å². The van der Waals surface area contributed by atoms with Gasteiger partial charge in [-0.3, -0.25) is 4.79 Å². The summed E-state index contributed by atoms with van der Waals surface area (Å²) in [5, 5.41) is 2.66. The van der Waals surface area contributed by atoms with Gasteiger partial charge < -0.3 is 5.32 Å². The molecule has 1 N–H and O–H groups in total. The second kappa shape index (κ2) is 5.42. The van der Waals surface area contributed by atoms with Crippen molar-refractivity contribution in [3.05, 3.63) is 53.7 Å². The van der Waals surface area contributed by atoms with Crippen LogP contribution < -0.4 is 5.32 Å². The number of nitrogens with one attached hydrogen (secondary N) is 1. The fourth-order valence-electron chi connectivity index (χ4n) is 1.66. The Morgan fingerprint density at radius 3 is 2.60 bits per heavy atom. The third-order valence-corrected chi connectivity index (χ3v) is 3.88. The molecule has 6 heteroatoms. The van der Waals surface area contributed by atoms with E-state index >= 15 is 0 Å². The molecule has 0 atom stereocenters. The number of aromatic nitrogens is 1. The largest absolute Gasteiger partial charge is 0.306 e. The lowest BCUT2D eigenvalue weighted by molar-refractivity contribution is 0.102.